The first-order valence-electron chi connectivity index (χ1n) is 7.05. The van der Waals surface area contributed by atoms with E-state index in [2.05, 4.69) is 31.2 Å². The summed E-state index contributed by atoms with van der Waals surface area (Å²) in [5.74, 6) is 0. The lowest BCUT2D eigenvalue weighted by Crippen LogP contribution is -1.91. The predicted octanol–water partition coefficient (Wildman–Crippen LogP) is 4.12. The second kappa shape index (κ2) is 9.23. The van der Waals surface area contributed by atoms with Gasteiger partial charge in [0.25, 0.3) is 0 Å². The van der Waals surface area contributed by atoms with Crippen LogP contribution in [0.15, 0.2) is 24.3 Å². The largest absolute Gasteiger partial charge is 0.396 e. The van der Waals surface area contributed by atoms with Crippen LogP contribution in [0.5, 0.6) is 0 Å². The van der Waals surface area contributed by atoms with E-state index in [1.807, 2.05) is 0 Å². The van der Waals surface area contributed by atoms with E-state index in [1.165, 1.54) is 49.7 Å². The fraction of sp³-hybridized carbons (Fsp3) is 0.625. The fourth-order valence-electron chi connectivity index (χ4n) is 2.09. The molecule has 0 heterocycles. The first-order valence-corrected chi connectivity index (χ1v) is 7.05. The number of hydrogen-bond acceptors (Lipinski definition) is 1. The molecule has 0 aromatic heterocycles. The molecule has 0 amide bonds. The molecule has 0 aliphatic carbocycles. The number of aliphatic hydroxyl groups is 1. The third-order valence-corrected chi connectivity index (χ3v) is 3.22. The third kappa shape index (κ3) is 6.48. The van der Waals surface area contributed by atoms with Crippen molar-refractivity contribution in [3.05, 3.63) is 35.4 Å². The molecular formula is C16H26O. The number of unbranched alkanes of at least 4 members (excludes halogenated alkanes) is 4. The van der Waals surface area contributed by atoms with Gasteiger partial charge >= 0.3 is 0 Å². The average Bonchev–Trinajstić information content (AvgIpc) is 2.37. The molecule has 0 unspecified atom stereocenters. The van der Waals surface area contributed by atoms with Gasteiger partial charge in [0.15, 0.2) is 0 Å². The van der Waals surface area contributed by atoms with E-state index in [4.69, 9.17) is 5.11 Å². The minimum Gasteiger partial charge on any atom is -0.396 e. The SMILES string of the molecule is CCCCCCCc1ccc(CCCO)cc1. The summed E-state index contributed by atoms with van der Waals surface area (Å²) in [6.07, 6.45) is 9.83. The van der Waals surface area contributed by atoms with Gasteiger partial charge in [-0.2, -0.15) is 0 Å². The highest BCUT2D eigenvalue weighted by molar-refractivity contribution is 5.22. The van der Waals surface area contributed by atoms with E-state index in [0.29, 0.717) is 6.61 Å². The molecule has 96 valence electrons. The van der Waals surface area contributed by atoms with Crippen LogP contribution in [0.3, 0.4) is 0 Å². The molecule has 0 radical (unpaired) electrons. The van der Waals surface area contributed by atoms with Gasteiger partial charge < -0.3 is 5.11 Å². The molecule has 1 heteroatoms. The number of benzene rings is 1. The maximum Gasteiger partial charge on any atom is 0.0434 e. The molecule has 0 aliphatic rings. The minimum atomic E-state index is 0.291. The van der Waals surface area contributed by atoms with Crippen LogP contribution in [-0.4, -0.2) is 11.7 Å². The molecule has 1 aromatic carbocycles. The summed E-state index contributed by atoms with van der Waals surface area (Å²) in [5, 5.41) is 8.77. The number of aliphatic hydroxyl groups excluding tert-OH is 1. The van der Waals surface area contributed by atoms with Crippen molar-refractivity contribution >= 4 is 0 Å². The fourth-order valence-corrected chi connectivity index (χ4v) is 2.09. The molecule has 0 atom stereocenters. The maximum atomic E-state index is 8.77. The van der Waals surface area contributed by atoms with Crippen molar-refractivity contribution in [2.45, 2.75) is 58.3 Å². The second-order valence-electron chi connectivity index (χ2n) is 4.81. The Morgan fingerprint density at radius 3 is 1.82 bits per heavy atom. The molecule has 0 aliphatic heterocycles. The van der Waals surface area contributed by atoms with Crippen molar-refractivity contribution in [1.29, 1.82) is 0 Å². The van der Waals surface area contributed by atoms with Gasteiger partial charge in [-0.25, -0.2) is 0 Å². The second-order valence-corrected chi connectivity index (χ2v) is 4.81. The summed E-state index contributed by atoms with van der Waals surface area (Å²) < 4.78 is 0. The molecule has 0 spiro atoms. The van der Waals surface area contributed by atoms with Crippen LogP contribution in [0.25, 0.3) is 0 Å². The Bertz CT molecular complexity index is 276. The van der Waals surface area contributed by atoms with Crippen molar-refractivity contribution in [2.24, 2.45) is 0 Å². The Morgan fingerprint density at radius 1 is 0.765 bits per heavy atom. The molecule has 17 heavy (non-hydrogen) atoms. The normalized spacial score (nSPS) is 10.7. The summed E-state index contributed by atoms with van der Waals surface area (Å²) in [6.45, 7) is 2.55. The quantitative estimate of drug-likeness (QED) is 0.637. The van der Waals surface area contributed by atoms with Crippen LogP contribution in [0.1, 0.15) is 56.6 Å². The molecule has 1 aromatic rings. The Morgan fingerprint density at radius 2 is 1.29 bits per heavy atom. The molecule has 0 bridgehead atoms. The third-order valence-electron chi connectivity index (χ3n) is 3.22. The van der Waals surface area contributed by atoms with Gasteiger partial charge in [-0.1, -0.05) is 56.9 Å². The van der Waals surface area contributed by atoms with E-state index in [1.54, 1.807) is 0 Å². The van der Waals surface area contributed by atoms with Gasteiger partial charge in [-0.3, -0.25) is 0 Å². The van der Waals surface area contributed by atoms with Crippen LogP contribution in [-0.2, 0) is 12.8 Å². The predicted molar refractivity (Wildman–Crippen MR) is 74.3 cm³/mol. The molecule has 1 rings (SSSR count). The van der Waals surface area contributed by atoms with Gasteiger partial charge in [-0.15, -0.1) is 0 Å². The van der Waals surface area contributed by atoms with Gasteiger partial charge in [0.2, 0.25) is 0 Å². The Hall–Kier alpha value is -0.820. The van der Waals surface area contributed by atoms with Crippen LogP contribution in [0.4, 0.5) is 0 Å². The lowest BCUT2D eigenvalue weighted by Gasteiger charge is -2.04. The summed E-state index contributed by atoms with van der Waals surface area (Å²) in [6, 6.07) is 8.90. The average molecular weight is 234 g/mol. The molecule has 0 fully saturated rings. The monoisotopic (exact) mass is 234 g/mol. The van der Waals surface area contributed by atoms with Crippen LogP contribution in [0, 0.1) is 0 Å². The zero-order chi connectivity index (χ0) is 12.3. The van der Waals surface area contributed by atoms with Crippen LogP contribution < -0.4 is 0 Å². The van der Waals surface area contributed by atoms with Gasteiger partial charge in [0.1, 0.15) is 0 Å². The van der Waals surface area contributed by atoms with E-state index in [-0.39, 0.29) is 0 Å². The number of aryl methyl sites for hydroxylation is 2. The van der Waals surface area contributed by atoms with E-state index in [0.717, 1.165) is 12.8 Å². The van der Waals surface area contributed by atoms with Crippen LogP contribution >= 0.6 is 0 Å². The summed E-state index contributed by atoms with van der Waals surface area (Å²) >= 11 is 0. The summed E-state index contributed by atoms with van der Waals surface area (Å²) in [7, 11) is 0. The van der Waals surface area contributed by atoms with Crippen molar-refractivity contribution in [2.75, 3.05) is 6.61 Å². The van der Waals surface area contributed by atoms with Gasteiger partial charge in [0, 0.05) is 6.61 Å². The van der Waals surface area contributed by atoms with Crippen molar-refractivity contribution < 1.29 is 5.11 Å². The van der Waals surface area contributed by atoms with Crippen molar-refractivity contribution in [1.82, 2.24) is 0 Å². The minimum absolute atomic E-state index is 0.291. The van der Waals surface area contributed by atoms with E-state index < -0.39 is 0 Å². The molecule has 1 N–H and O–H groups in total. The molecule has 0 saturated heterocycles. The van der Waals surface area contributed by atoms with E-state index in [9.17, 15) is 0 Å². The first kappa shape index (κ1) is 14.2. The lowest BCUT2D eigenvalue weighted by molar-refractivity contribution is 0.288. The Kier molecular flexibility index (Phi) is 7.74. The zero-order valence-corrected chi connectivity index (χ0v) is 11.1. The topological polar surface area (TPSA) is 20.2 Å². The highest BCUT2D eigenvalue weighted by Gasteiger charge is 1.96. The smallest absolute Gasteiger partial charge is 0.0434 e. The van der Waals surface area contributed by atoms with Gasteiger partial charge in [-0.05, 0) is 36.8 Å². The highest BCUT2D eigenvalue weighted by atomic mass is 16.2. The number of hydrogen-bond donors (Lipinski definition) is 1. The molecule has 1 nitrogen and oxygen atoms in total. The Labute approximate surface area is 106 Å². The lowest BCUT2D eigenvalue weighted by atomic mass is 10.0. The van der Waals surface area contributed by atoms with Crippen molar-refractivity contribution in [3.63, 3.8) is 0 Å². The van der Waals surface area contributed by atoms with E-state index >= 15 is 0 Å². The summed E-state index contributed by atoms with van der Waals surface area (Å²) in [4.78, 5) is 0. The molecular weight excluding hydrogens is 208 g/mol. The van der Waals surface area contributed by atoms with Gasteiger partial charge in [0.05, 0.1) is 0 Å². The Balaban J connectivity index is 2.20. The summed E-state index contributed by atoms with van der Waals surface area (Å²) in [5.41, 5.74) is 2.79. The first-order chi connectivity index (χ1) is 8.36. The van der Waals surface area contributed by atoms with Crippen molar-refractivity contribution in [3.8, 4) is 0 Å². The number of rotatable bonds is 9. The van der Waals surface area contributed by atoms with Crippen LogP contribution in [0.2, 0.25) is 0 Å². The maximum absolute atomic E-state index is 8.77. The highest BCUT2D eigenvalue weighted by Crippen LogP contribution is 2.11. The zero-order valence-electron chi connectivity index (χ0n) is 11.1. The molecule has 0 saturated carbocycles. The standard InChI is InChI=1S/C16H26O/c1-2-3-4-5-6-8-15-10-12-16(13-11-15)9-7-14-17/h10-13,17H,2-9,14H2,1H3.